The molecule has 122 valence electrons. The van der Waals surface area contributed by atoms with Crippen LogP contribution < -0.4 is 5.43 Å². The Morgan fingerprint density at radius 2 is 2.18 bits per heavy atom. The molecule has 1 aliphatic heterocycles. The van der Waals surface area contributed by atoms with Crippen molar-refractivity contribution in [2.24, 2.45) is 0 Å². The Balaban J connectivity index is 2.36. The molecule has 1 fully saturated rings. The van der Waals surface area contributed by atoms with E-state index in [1.165, 1.54) is 6.07 Å². The maximum atomic E-state index is 11.8. The Morgan fingerprint density at radius 3 is 2.82 bits per heavy atom. The van der Waals surface area contributed by atoms with Crippen LogP contribution in [0.2, 0.25) is 0 Å². The minimum atomic E-state index is -0.881. The SMILES string of the molecule is Cc1cc(=O)c(O)c(CN2CCCC2C(=O)O)n1CCCO. The quantitative estimate of drug-likeness (QED) is 0.698. The van der Waals surface area contributed by atoms with Crippen LogP contribution in [-0.4, -0.2) is 49.9 Å². The number of pyridine rings is 1. The molecule has 0 radical (unpaired) electrons. The second-order valence-electron chi connectivity index (χ2n) is 5.64. The Bertz CT molecular complexity index is 611. The number of aromatic hydroxyl groups is 1. The highest BCUT2D eigenvalue weighted by atomic mass is 16.4. The predicted octanol–water partition coefficient (Wildman–Crippen LogP) is 0.294. The zero-order valence-electron chi connectivity index (χ0n) is 12.7. The van der Waals surface area contributed by atoms with Crippen LogP contribution in [0.5, 0.6) is 5.75 Å². The van der Waals surface area contributed by atoms with Crippen LogP contribution in [-0.2, 0) is 17.9 Å². The number of aliphatic carboxylic acids is 1. The van der Waals surface area contributed by atoms with Gasteiger partial charge >= 0.3 is 5.97 Å². The third kappa shape index (κ3) is 3.31. The highest BCUT2D eigenvalue weighted by Crippen LogP contribution is 2.24. The van der Waals surface area contributed by atoms with E-state index < -0.39 is 17.4 Å². The largest absolute Gasteiger partial charge is 0.503 e. The van der Waals surface area contributed by atoms with Gasteiger partial charge in [-0.15, -0.1) is 0 Å². The van der Waals surface area contributed by atoms with E-state index in [0.717, 1.165) is 6.42 Å². The normalized spacial score (nSPS) is 18.7. The molecule has 0 saturated carbocycles. The molecule has 22 heavy (non-hydrogen) atoms. The molecular weight excluding hydrogens is 288 g/mol. The molecule has 1 aliphatic rings. The summed E-state index contributed by atoms with van der Waals surface area (Å²) in [5.74, 6) is -1.21. The number of likely N-dealkylation sites (tertiary alicyclic amines) is 1. The number of aliphatic hydroxyl groups is 1. The number of aryl methyl sites for hydroxylation is 1. The second kappa shape index (κ2) is 6.93. The number of carboxylic acids is 1. The van der Waals surface area contributed by atoms with Gasteiger partial charge in [-0.3, -0.25) is 14.5 Å². The van der Waals surface area contributed by atoms with E-state index in [1.54, 1.807) is 16.4 Å². The molecule has 0 bridgehead atoms. The van der Waals surface area contributed by atoms with Crippen LogP contribution in [0.3, 0.4) is 0 Å². The monoisotopic (exact) mass is 310 g/mol. The van der Waals surface area contributed by atoms with Crippen molar-refractivity contribution in [2.75, 3.05) is 13.2 Å². The lowest BCUT2D eigenvalue weighted by Gasteiger charge is -2.25. The van der Waals surface area contributed by atoms with Crippen molar-refractivity contribution in [1.82, 2.24) is 9.47 Å². The molecule has 0 aromatic carbocycles. The number of aliphatic hydroxyl groups excluding tert-OH is 1. The van der Waals surface area contributed by atoms with Gasteiger partial charge in [-0.2, -0.15) is 0 Å². The van der Waals surface area contributed by atoms with Crippen molar-refractivity contribution in [3.63, 3.8) is 0 Å². The van der Waals surface area contributed by atoms with E-state index in [-0.39, 0.29) is 18.9 Å². The van der Waals surface area contributed by atoms with Crippen LogP contribution >= 0.6 is 0 Å². The minimum Gasteiger partial charge on any atom is -0.503 e. The van der Waals surface area contributed by atoms with E-state index in [2.05, 4.69) is 0 Å². The van der Waals surface area contributed by atoms with Crippen molar-refractivity contribution in [2.45, 2.75) is 45.3 Å². The van der Waals surface area contributed by atoms with Gasteiger partial charge in [0, 0.05) is 31.5 Å². The molecular formula is C15H22N2O5. The van der Waals surface area contributed by atoms with Gasteiger partial charge in [0.1, 0.15) is 6.04 Å². The maximum absolute atomic E-state index is 11.8. The van der Waals surface area contributed by atoms with Gasteiger partial charge in [0.25, 0.3) is 0 Å². The first kappa shape index (κ1) is 16.5. The van der Waals surface area contributed by atoms with Gasteiger partial charge in [-0.05, 0) is 32.7 Å². The standard InChI is InChI=1S/C15H22N2O5/c1-10-8-13(19)14(20)12(17(10)6-3-7-18)9-16-5-2-4-11(16)15(21)22/h8,11,18,20H,2-7,9H2,1H3,(H,21,22). The molecule has 1 aromatic rings. The highest BCUT2D eigenvalue weighted by Gasteiger charge is 2.31. The molecule has 1 aromatic heterocycles. The minimum absolute atomic E-state index is 0.00718. The molecule has 1 atom stereocenters. The van der Waals surface area contributed by atoms with E-state index in [4.69, 9.17) is 5.11 Å². The lowest BCUT2D eigenvalue weighted by Crippen LogP contribution is -2.36. The Hall–Kier alpha value is -1.86. The van der Waals surface area contributed by atoms with E-state index in [9.17, 15) is 19.8 Å². The summed E-state index contributed by atoms with van der Waals surface area (Å²) in [6.07, 6.45) is 1.85. The van der Waals surface area contributed by atoms with Gasteiger partial charge in [-0.25, -0.2) is 0 Å². The van der Waals surface area contributed by atoms with Crippen LogP contribution in [0, 0.1) is 6.92 Å². The number of nitrogens with zero attached hydrogens (tertiary/aromatic N) is 2. The molecule has 7 heteroatoms. The summed E-state index contributed by atoms with van der Waals surface area (Å²) in [6, 6.07) is 0.774. The summed E-state index contributed by atoms with van der Waals surface area (Å²) < 4.78 is 1.78. The molecule has 1 unspecified atom stereocenters. The van der Waals surface area contributed by atoms with Gasteiger partial charge in [-0.1, -0.05) is 0 Å². The molecule has 0 amide bonds. The first-order chi connectivity index (χ1) is 10.5. The van der Waals surface area contributed by atoms with Gasteiger partial charge < -0.3 is 19.9 Å². The topological polar surface area (TPSA) is 103 Å². The Morgan fingerprint density at radius 1 is 1.45 bits per heavy atom. The summed E-state index contributed by atoms with van der Waals surface area (Å²) in [7, 11) is 0. The molecule has 2 rings (SSSR count). The van der Waals surface area contributed by atoms with Crippen molar-refractivity contribution in [1.29, 1.82) is 0 Å². The number of hydrogen-bond donors (Lipinski definition) is 3. The van der Waals surface area contributed by atoms with Gasteiger partial charge in [0.15, 0.2) is 5.75 Å². The average molecular weight is 310 g/mol. The smallest absolute Gasteiger partial charge is 0.320 e. The fourth-order valence-corrected chi connectivity index (χ4v) is 3.01. The fourth-order valence-electron chi connectivity index (χ4n) is 3.01. The van der Waals surface area contributed by atoms with E-state index >= 15 is 0 Å². The first-order valence-electron chi connectivity index (χ1n) is 7.45. The molecule has 0 spiro atoms. The van der Waals surface area contributed by atoms with E-state index in [1.807, 2.05) is 0 Å². The molecule has 2 heterocycles. The summed E-state index contributed by atoms with van der Waals surface area (Å²) in [6.45, 7) is 3.08. The molecule has 0 aliphatic carbocycles. The maximum Gasteiger partial charge on any atom is 0.320 e. The lowest BCUT2D eigenvalue weighted by molar-refractivity contribution is -0.142. The Kier molecular flexibility index (Phi) is 5.20. The number of hydrogen-bond acceptors (Lipinski definition) is 5. The van der Waals surface area contributed by atoms with Crippen LogP contribution in [0.4, 0.5) is 0 Å². The second-order valence-corrected chi connectivity index (χ2v) is 5.64. The Labute approximate surface area is 128 Å². The highest BCUT2D eigenvalue weighted by molar-refractivity contribution is 5.73. The van der Waals surface area contributed by atoms with Crippen molar-refractivity contribution in [3.05, 3.63) is 27.7 Å². The number of carboxylic acid groups (broad SMARTS) is 1. The van der Waals surface area contributed by atoms with Gasteiger partial charge in [0.2, 0.25) is 5.43 Å². The van der Waals surface area contributed by atoms with Gasteiger partial charge in [0.05, 0.1) is 5.69 Å². The zero-order chi connectivity index (χ0) is 16.3. The molecule has 3 N–H and O–H groups in total. The summed E-state index contributed by atoms with van der Waals surface area (Å²) >= 11 is 0. The summed E-state index contributed by atoms with van der Waals surface area (Å²) in [5, 5.41) is 28.4. The third-order valence-corrected chi connectivity index (χ3v) is 4.14. The van der Waals surface area contributed by atoms with Crippen LogP contribution in [0.1, 0.15) is 30.7 Å². The van der Waals surface area contributed by atoms with Crippen molar-refractivity contribution in [3.8, 4) is 5.75 Å². The number of aromatic nitrogens is 1. The fraction of sp³-hybridized carbons (Fsp3) is 0.600. The van der Waals surface area contributed by atoms with Crippen molar-refractivity contribution < 1.29 is 20.1 Å². The first-order valence-corrected chi connectivity index (χ1v) is 7.45. The predicted molar refractivity (Wildman–Crippen MR) is 79.9 cm³/mol. The molecule has 7 nitrogen and oxygen atoms in total. The van der Waals surface area contributed by atoms with Crippen molar-refractivity contribution >= 4 is 5.97 Å². The average Bonchev–Trinajstić information content (AvgIpc) is 2.92. The van der Waals surface area contributed by atoms with E-state index in [0.29, 0.717) is 37.3 Å². The summed E-state index contributed by atoms with van der Waals surface area (Å²) in [4.78, 5) is 24.9. The van der Waals surface area contributed by atoms with Crippen LogP contribution in [0.15, 0.2) is 10.9 Å². The lowest BCUT2D eigenvalue weighted by atomic mass is 10.2. The number of carbonyl (C=O) groups is 1. The summed E-state index contributed by atoms with van der Waals surface area (Å²) in [5.41, 5.74) is 0.655. The third-order valence-electron chi connectivity index (χ3n) is 4.14. The zero-order valence-corrected chi connectivity index (χ0v) is 12.7. The molecule has 1 saturated heterocycles. The van der Waals surface area contributed by atoms with Crippen LogP contribution in [0.25, 0.3) is 0 Å². The number of rotatable bonds is 6.